The monoisotopic (exact) mass is 310 g/mol. The van der Waals surface area contributed by atoms with Gasteiger partial charge in [0, 0.05) is 0 Å². The number of halogens is 2. The molecule has 0 aromatic rings. The summed E-state index contributed by atoms with van der Waals surface area (Å²) in [4.78, 5) is 0. The second kappa shape index (κ2) is 6.36. The van der Waals surface area contributed by atoms with Crippen LogP contribution in [0, 0.1) is 0 Å². The Balaban J connectivity index is 1.94. The van der Waals surface area contributed by atoms with E-state index in [9.17, 15) is 13.0 Å². The lowest BCUT2D eigenvalue weighted by Crippen LogP contribution is -2.46. The standard InChI is InChI=1S/C14H24F2O3S/c1-13(9-5-3-7-11(13)15)18-20(17)19-14(2)10-6-4-8-12(14)16/h11-12H,3-10H2,1-2H3. The molecule has 4 atom stereocenters. The molecule has 0 aromatic heterocycles. The van der Waals surface area contributed by atoms with Crippen LogP contribution in [0.3, 0.4) is 0 Å². The Morgan fingerprint density at radius 1 is 0.900 bits per heavy atom. The van der Waals surface area contributed by atoms with Crippen molar-refractivity contribution < 1.29 is 21.4 Å². The molecule has 0 aromatic carbocycles. The summed E-state index contributed by atoms with van der Waals surface area (Å²) in [5.41, 5.74) is -2.17. The highest BCUT2D eigenvalue weighted by molar-refractivity contribution is 7.75. The topological polar surface area (TPSA) is 35.5 Å². The van der Waals surface area contributed by atoms with Crippen molar-refractivity contribution in [3.8, 4) is 0 Å². The van der Waals surface area contributed by atoms with Gasteiger partial charge in [-0.25, -0.2) is 8.78 Å². The van der Waals surface area contributed by atoms with E-state index in [1.54, 1.807) is 13.8 Å². The van der Waals surface area contributed by atoms with Gasteiger partial charge in [0.2, 0.25) is 0 Å². The second-order valence-corrected chi connectivity index (χ2v) is 7.16. The molecule has 0 saturated heterocycles. The fourth-order valence-corrected chi connectivity index (χ4v) is 4.07. The molecule has 4 unspecified atom stereocenters. The smallest absolute Gasteiger partial charge is 0.259 e. The van der Waals surface area contributed by atoms with Crippen molar-refractivity contribution in [1.29, 1.82) is 0 Å². The summed E-state index contributed by atoms with van der Waals surface area (Å²) in [5, 5.41) is 0. The first kappa shape index (κ1) is 16.3. The Hall–Kier alpha value is -0.0700. The van der Waals surface area contributed by atoms with E-state index >= 15 is 0 Å². The molecule has 0 amide bonds. The highest BCUT2D eigenvalue weighted by Gasteiger charge is 2.44. The molecule has 118 valence electrons. The Morgan fingerprint density at radius 3 is 1.65 bits per heavy atom. The molecule has 0 heterocycles. The highest BCUT2D eigenvalue weighted by Crippen LogP contribution is 2.38. The minimum Gasteiger partial charge on any atom is -0.259 e. The third kappa shape index (κ3) is 3.57. The van der Waals surface area contributed by atoms with Crippen LogP contribution in [0.1, 0.15) is 65.2 Å². The molecule has 2 saturated carbocycles. The van der Waals surface area contributed by atoms with Crippen molar-refractivity contribution >= 4 is 11.4 Å². The van der Waals surface area contributed by atoms with Gasteiger partial charge in [-0.05, 0) is 39.5 Å². The zero-order chi connectivity index (χ0) is 14.8. The summed E-state index contributed by atoms with van der Waals surface area (Å²) in [5.74, 6) is 0. The average Bonchev–Trinajstić information content (AvgIpc) is 2.36. The predicted molar refractivity (Wildman–Crippen MR) is 73.9 cm³/mol. The normalized spacial score (nSPS) is 44.2. The van der Waals surface area contributed by atoms with Crippen LogP contribution in [0.4, 0.5) is 8.78 Å². The van der Waals surface area contributed by atoms with E-state index in [2.05, 4.69) is 0 Å². The number of hydrogen-bond acceptors (Lipinski definition) is 3. The predicted octanol–water partition coefficient (Wildman–Crippen LogP) is 3.94. The van der Waals surface area contributed by atoms with Crippen LogP contribution in [-0.4, -0.2) is 27.8 Å². The van der Waals surface area contributed by atoms with Gasteiger partial charge >= 0.3 is 11.4 Å². The molecule has 6 heteroatoms. The zero-order valence-corrected chi connectivity index (χ0v) is 13.0. The molecule has 2 aliphatic carbocycles. The summed E-state index contributed by atoms with van der Waals surface area (Å²) >= 11 is -2.12. The molecule has 2 aliphatic rings. The summed E-state index contributed by atoms with van der Waals surface area (Å²) in [7, 11) is 0. The molecular formula is C14H24F2O3S. The molecule has 0 radical (unpaired) electrons. The van der Waals surface area contributed by atoms with Crippen molar-refractivity contribution in [2.24, 2.45) is 0 Å². The Labute approximate surface area is 122 Å². The van der Waals surface area contributed by atoms with Crippen LogP contribution in [-0.2, 0) is 19.7 Å². The van der Waals surface area contributed by atoms with Crippen LogP contribution >= 0.6 is 0 Å². The van der Waals surface area contributed by atoms with Gasteiger partial charge < -0.3 is 0 Å². The van der Waals surface area contributed by atoms with Gasteiger partial charge in [0.05, 0.1) is 0 Å². The molecule has 2 rings (SSSR count). The van der Waals surface area contributed by atoms with E-state index in [1.165, 1.54) is 0 Å². The fraction of sp³-hybridized carbons (Fsp3) is 1.00. The van der Waals surface area contributed by atoms with Gasteiger partial charge in [-0.3, -0.25) is 8.37 Å². The Morgan fingerprint density at radius 2 is 1.30 bits per heavy atom. The van der Waals surface area contributed by atoms with Gasteiger partial charge in [0.15, 0.2) is 0 Å². The van der Waals surface area contributed by atoms with E-state index in [0.29, 0.717) is 25.7 Å². The molecule has 2 fully saturated rings. The van der Waals surface area contributed by atoms with Crippen molar-refractivity contribution in [3.05, 3.63) is 0 Å². The number of rotatable bonds is 4. The lowest BCUT2D eigenvalue weighted by molar-refractivity contribution is -0.0577. The van der Waals surface area contributed by atoms with Gasteiger partial charge in [-0.2, -0.15) is 4.21 Å². The van der Waals surface area contributed by atoms with E-state index < -0.39 is 34.9 Å². The van der Waals surface area contributed by atoms with Crippen molar-refractivity contribution in [3.63, 3.8) is 0 Å². The molecule has 0 bridgehead atoms. The van der Waals surface area contributed by atoms with Crippen LogP contribution < -0.4 is 0 Å². The number of alkyl halides is 2. The lowest BCUT2D eigenvalue weighted by Gasteiger charge is -2.38. The van der Waals surface area contributed by atoms with Gasteiger partial charge in [0.25, 0.3) is 0 Å². The summed E-state index contributed by atoms with van der Waals surface area (Å²) in [6, 6.07) is 0. The zero-order valence-electron chi connectivity index (χ0n) is 12.2. The first-order chi connectivity index (χ1) is 9.36. The van der Waals surface area contributed by atoms with Crippen LogP contribution in [0.15, 0.2) is 0 Å². The average molecular weight is 310 g/mol. The third-order valence-corrected chi connectivity index (χ3v) is 5.64. The number of hydrogen-bond donors (Lipinski definition) is 0. The Bertz CT molecular complexity index is 336. The fourth-order valence-electron chi connectivity index (χ4n) is 3.04. The first-order valence-corrected chi connectivity index (χ1v) is 8.45. The molecule has 0 aliphatic heterocycles. The van der Waals surface area contributed by atoms with Gasteiger partial charge in [-0.1, -0.05) is 25.7 Å². The minimum absolute atomic E-state index is 0.413. The summed E-state index contributed by atoms with van der Waals surface area (Å²) < 4.78 is 50.6. The maximum Gasteiger partial charge on any atom is 0.305 e. The minimum atomic E-state index is -2.12. The van der Waals surface area contributed by atoms with Crippen LogP contribution in [0.5, 0.6) is 0 Å². The SMILES string of the molecule is CC1(OS(=O)OC2(C)CCCCC2F)CCCCC1F. The Kier molecular flexibility index (Phi) is 5.19. The van der Waals surface area contributed by atoms with E-state index in [4.69, 9.17) is 8.37 Å². The second-order valence-electron chi connectivity index (χ2n) is 6.42. The van der Waals surface area contributed by atoms with E-state index in [0.717, 1.165) is 25.7 Å². The maximum atomic E-state index is 14.0. The van der Waals surface area contributed by atoms with E-state index in [-0.39, 0.29) is 0 Å². The van der Waals surface area contributed by atoms with Crippen molar-refractivity contribution in [2.75, 3.05) is 0 Å². The summed E-state index contributed by atoms with van der Waals surface area (Å²) in [6.07, 6.45) is 2.88. The first-order valence-electron chi connectivity index (χ1n) is 7.45. The van der Waals surface area contributed by atoms with Crippen molar-refractivity contribution in [2.45, 2.75) is 88.8 Å². The molecule has 20 heavy (non-hydrogen) atoms. The van der Waals surface area contributed by atoms with Gasteiger partial charge in [0.1, 0.15) is 23.5 Å². The highest BCUT2D eigenvalue weighted by atomic mass is 32.2. The van der Waals surface area contributed by atoms with Crippen molar-refractivity contribution in [1.82, 2.24) is 0 Å². The maximum absolute atomic E-state index is 14.0. The largest absolute Gasteiger partial charge is 0.305 e. The molecule has 0 spiro atoms. The molecule has 3 nitrogen and oxygen atoms in total. The van der Waals surface area contributed by atoms with E-state index in [1.807, 2.05) is 0 Å². The summed E-state index contributed by atoms with van der Waals surface area (Å²) in [6.45, 7) is 3.24. The quantitative estimate of drug-likeness (QED) is 0.789. The lowest BCUT2D eigenvalue weighted by atomic mass is 9.85. The van der Waals surface area contributed by atoms with Gasteiger partial charge in [-0.15, -0.1) is 0 Å². The van der Waals surface area contributed by atoms with Crippen LogP contribution in [0.2, 0.25) is 0 Å². The third-order valence-electron chi connectivity index (χ3n) is 4.60. The molecule has 0 N–H and O–H groups in total. The van der Waals surface area contributed by atoms with Crippen LogP contribution in [0.25, 0.3) is 0 Å². The molecular weight excluding hydrogens is 286 g/mol.